The summed E-state index contributed by atoms with van der Waals surface area (Å²) in [6.07, 6.45) is 1.63. The van der Waals surface area contributed by atoms with Crippen molar-refractivity contribution in [3.63, 3.8) is 0 Å². The highest BCUT2D eigenvalue weighted by molar-refractivity contribution is 7.99. The molecule has 1 saturated heterocycles. The van der Waals surface area contributed by atoms with Gasteiger partial charge in [-0.05, 0) is 29.3 Å². The molecule has 1 atom stereocenters. The van der Waals surface area contributed by atoms with Crippen LogP contribution in [0.3, 0.4) is 0 Å². The molecule has 20 heavy (non-hydrogen) atoms. The molecular weight excluding hydrogens is 306 g/mol. The number of nitrogens with zero attached hydrogens (tertiary/aromatic N) is 1. The van der Waals surface area contributed by atoms with E-state index < -0.39 is 0 Å². The van der Waals surface area contributed by atoms with Crippen molar-refractivity contribution in [2.45, 2.75) is 18.1 Å². The standard InChI is InChI=1S/C15H17NOS3/c17-15(11-12-3-1-8-18-12)16-6-5-14(20-10-7-16)13-4-2-9-19-13/h1-4,8-9,14H,5-7,10-11H2/t14-/m0/s1. The number of hydrogen-bond acceptors (Lipinski definition) is 4. The number of hydrogen-bond donors (Lipinski definition) is 0. The Hall–Kier alpha value is -0.780. The first kappa shape index (κ1) is 14.2. The Morgan fingerprint density at radius 3 is 2.80 bits per heavy atom. The number of thioether (sulfide) groups is 1. The molecule has 1 aliphatic heterocycles. The van der Waals surface area contributed by atoms with Gasteiger partial charge in [-0.3, -0.25) is 4.79 Å². The van der Waals surface area contributed by atoms with E-state index in [1.54, 1.807) is 11.3 Å². The molecule has 2 aromatic heterocycles. The van der Waals surface area contributed by atoms with Crippen molar-refractivity contribution >= 4 is 40.3 Å². The third-order valence-electron chi connectivity index (χ3n) is 3.46. The topological polar surface area (TPSA) is 20.3 Å². The zero-order valence-corrected chi connectivity index (χ0v) is 13.6. The van der Waals surface area contributed by atoms with Crippen LogP contribution in [0.1, 0.15) is 21.4 Å². The molecule has 0 spiro atoms. The number of carbonyl (C=O) groups excluding carboxylic acids is 1. The lowest BCUT2D eigenvalue weighted by molar-refractivity contribution is -0.130. The van der Waals surface area contributed by atoms with E-state index in [2.05, 4.69) is 17.5 Å². The highest BCUT2D eigenvalue weighted by Crippen LogP contribution is 2.36. The fraction of sp³-hybridized carbons (Fsp3) is 0.400. The second-order valence-corrected chi connectivity index (χ2v) is 8.12. The predicted octanol–water partition coefficient (Wildman–Crippen LogP) is 4.06. The number of carbonyl (C=O) groups is 1. The number of rotatable bonds is 3. The monoisotopic (exact) mass is 323 g/mol. The molecule has 0 aromatic carbocycles. The Morgan fingerprint density at radius 2 is 2.05 bits per heavy atom. The van der Waals surface area contributed by atoms with Gasteiger partial charge in [0, 0.05) is 33.8 Å². The van der Waals surface area contributed by atoms with E-state index in [0.29, 0.717) is 11.7 Å². The smallest absolute Gasteiger partial charge is 0.227 e. The van der Waals surface area contributed by atoms with Crippen molar-refractivity contribution in [3.8, 4) is 0 Å². The summed E-state index contributed by atoms with van der Waals surface area (Å²) in [6, 6.07) is 8.39. The summed E-state index contributed by atoms with van der Waals surface area (Å²) >= 11 is 5.49. The third-order valence-corrected chi connectivity index (χ3v) is 6.78. The lowest BCUT2D eigenvalue weighted by Crippen LogP contribution is -2.33. The van der Waals surface area contributed by atoms with Gasteiger partial charge in [-0.1, -0.05) is 12.1 Å². The van der Waals surface area contributed by atoms with Gasteiger partial charge in [0.2, 0.25) is 5.91 Å². The van der Waals surface area contributed by atoms with Gasteiger partial charge in [-0.2, -0.15) is 11.8 Å². The van der Waals surface area contributed by atoms with E-state index in [1.165, 1.54) is 9.75 Å². The summed E-state index contributed by atoms with van der Waals surface area (Å²) in [5.41, 5.74) is 0. The zero-order valence-electron chi connectivity index (χ0n) is 11.2. The van der Waals surface area contributed by atoms with Gasteiger partial charge in [0.05, 0.1) is 6.42 Å². The Labute approximate surface area is 131 Å². The first-order chi connectivity index (χ1) is 9.83. The van der Waals surface area contributed by atoms with Crippen LogP contribution in [0, 0.1) is 0 Å². The minimum atomic E-state index is 0.278. The van der Waals surface area contributed by atoms with Crippen LogP contribution in [0.2, 0.25) is 0 Å². The van der Waals surface area contributed by atoms with Crippen molar-refractivity contribution in [1.82, 2.24) is 4.90 Å². The van der Waals surface area contributed by atoms with E-state index in [0.717, 1.165) is 25.3 Å². The maximum atomic E-state index is 12.3. The van der Waals surface area contributed by atoms with Gasteiger partial charge in [-0.25, -0.2) is 0 Å². The molecule has 0 N–H and O–H groups in total. The lowest BCUT2D eigenvalue weighted by Gasteiger charge is -2.19. The second kappa shape index (κ2) is 6.78. The first-order valence-corrected chi connectivity index (χ1v) is 9.59. The number of thiophene rings is 2. The fourth-order valence-corrected chi connectivity index (χ4v) is 5.33. The molecule has 1 amide bonds. The summed E-state index contributed by atoms with van der Waals surface area (Å²) in [7, 11) is 0. The van der Waals surface area contributed by atoms with Crippen LogP contribution >= 0.6 is 34.4 Å². The zero-order chi connectivity index (χ0) is 13.8. The van der Waals surface area contributed by atoms with Gasteiger partial charge in [0.1, 0.15) is 0 Å². The largest absolute Gasteiger partial charge is 0.342 e. The van der Waals surface area contributed by atoms with E-state index >= 15 is 0 Å². The van der Waals surface area contributed by atoms with Crippen molar-refractivity contribution in [2.75, 3.05) is 18.8 Å². The fourth-order valence-electron chi connectivity index (χ4n) is 2.40. The molecule has 0 aliphatic carbocycles. The van der Waals surface area contributed by atoms with Crippen LogP contribution in [0.5, 0.6) is 0 Å². The Bertz CT molecular complexity index is 535. The van der Waals surface area contributed by atoms with Gasteiger partial charge >= 0.3 is 0 Å². The summed E-state index contributed by atoms with van der Waals surface area (Å²) in [4.78, 5) is 17.0. The first-order valence-electron chi connectivity index (χ1n) is 6.78. The maximum Gasteiger partial charge on any atom is 0.227 e. The molecule has 0 radical (unpaired) electrons. The van der Waals surface area contributed by atoms with Crippen LogP contribution in [0.4, 0.5) is 0 Å². The van der Waals surface area contributed by atoms with Crippen LogP contribution in [-0.2, 0) is 11.2 Å². The average Bonchev–Trinajstić information content (AvgIpc) is 3.09. The molecule has 0 unspecified atom stereocenters. The molecule has 3 rings (SSSR count). The normalized spacial score (nSPS) is 19.8. The quantitative estimate of drug-likeness (QED) is 0.849. The summed E-state index contributed by atoms with van der Waals surface area (Å²) in [6.45, 7) is 1.77. The maximum absolute atomic E-state index is 12.3. The van der Waals surface area contributed by atoms with Crippen molar-refractivity contribution < 1.29 is 4.79 Å². The Morgan fingerprint density at radius 1 is 1.20 bits per heavy atom. The van der Waals surface area contributed by atoms with Gasteiger partial charge < -0.3 is 4.90 Å². The van der Waals surface area contributed by atoms with Crippen LogP contribution in [0.15, 0.2) is 35.0 Å². The van der Waals surface area contributed by atoms with Crippen molar-refractivity contribution in [1.29, 1.82) is 0 Å². The lowest BCUT2D eigenvalue weighted by atomic mass is 10.2. The van der Waals surface area contributed by atoms with E-state index in [9.17, 15) is 4.79 Å². The third kappa shape index (κ3) is 3.45. The second-order valence-electron chi connectivity index (χ2n) is 4.80. The van der Waals surface area contributed by atoms with Crippen LogP contribution < -0.4 is 0 Å². The van der Waals surface area contributed by atoms with E-state index in [-0.39, 0.29) is 5.91 Å². The molecule has 2 aromatic rings. The summed E-state index contributed by atoms with van der Waals surface area (Å²) in [5.74, 6) is 1.32. The molecule has 1 fully saturated rings. The predicted molar refractivity (Wildman–Crippen MR) is 88.7 cm³/mol. The van der Waals surface area contributed by atoms with Crippen molar-refractivity contribution in [2.24, 2.45) is 0 Å². The van der Waals surface area contributed by atoms with Gasteiger partial charge in [0.15, 0.2) is 0 Å². The molecule has 1 aliphatic rings. The molecule has 2 nitrogen and oxygen atoms in total. The molecule has 0 saturated carbocycles. The van der Waals surface area contributed by atoms with E-state index in [1.807, 2.05) is 45.5 Å². The summed E-state index contributed by atoms with van der Waals surface area (Å²) in [5, 5.41) is 4.74. The van der Waals surface area contributed by atoms with Crippen molar-refractivity contribution in [3.05, 3.63) is 44.8 Å². The molecule has 0 bridgehead atoms. The molecule has 3 heterocycles. The minimum Gasteiger partial charge on any atom is -0.342 e. The molecule has 5 heteroatoms. The average molecular weight is 324 g/mol. The van der Waals surface area contributed by atoms with E-state index in [4.69, 9.17) is 0 Å². The molecular formula is C15H17NOS3. The Kier molecular flexibility index (Phi) is 4.81. The highest BCUT2D eigenvalue weighted by Gasteiger charge is 2.22. The highest BCUT2D eigenvalue weighted by atomic mass is 32.2. The van der Waals surface area contributed by atoms with Gasteiger partial charge in [0.25, 0.3) is 0 Å². The van der Waals surface area contributed by atoms with Crippen LogP contribution in [-0.4, -0.2) is 29.6 Å². The van der Waals surface area contributed by atoms with Crippen LogP contribution in [0.25, 0.3) is 0 Å². The molecule has 106 valence electrons. The van der Waals surface area contributed by atoms with Gasteiger partial charge in [-0.15, -0.1) is 22.7 Å². The Balaban J connectivity index is 1.58. The minimum absolute atomic E-state index is 0.278. The summed E-state index contributed by atoms with van der Waals surface area (Å²) < 4.78 is 0. The SMILES string of the molecule is O=C(Cc1cccs1)N1CCS[C@H](c2cccs2)CC1. The number of amides is 1.